The lowest BCUT2D eigenvalue weighted by molar-refractivity contribution is -0.119. The summed E-state index contributed by atoms with van der Waals surface area (Å²) in [6.07, 6.45) is 1.49. The summed E-state index contributed by atoms with van der Waals surface area (Å²) in [5.41, 5.74) is 4.56. The summed E-state index contributed by atoms with van der Waals surface area (Å²) in [5.74, 6) is 0.629. The molecule has 7 nitrogen and oxygen atoms in total. The Morgan fingerprint density at radius 3 is 2.26 bits per heavy atom. The lowest BCUT2D eigenvalue weighted by Gasteiger charge is -2.23. The molecular formula is C26H29N3O4S. The molecule has 8 heteroatoms. The van der Waals surface area contributed by atoms with Gasteiger partial charge < -0.3 is 4.74 Å². The minimum atomic E-state index is -3.95. The van der Waals surface area contributed by atoms with Crippen molar-refractivity contribution in [1.82, 2.24) is 5.43 Å². The maximum Gasteiger partial charge on any atom is 0.264 e. The fraction of sp³-hybridized carbons (Fsp3) is 0.231. The van der Waals surface area contributed by atoms with E-state index in [2.05, 4.69) is 24.4 Å². The highest BCUT2D eigenvalue weighted by Gasteiger charge is 2.27. The Morgan fingerprint density at radius 1 is 1.00 bits per heavy atom. The van der Waals surface area contributed by atoms with Gasteiger partial charge in [-0.15, -0.1) is 0 Å². The highest BCUT2D eigenvalue weighted by molar-refractivity contribution is 7.92. The van der Waals surface area contributed by atoms with Crippen molar-refractivity contribution in [1.29, 1.82) is 0 Å². The lowest BCUT2D eigenvalue weighted by Crippen LogP contribution is -2.39. The Balaban J connectivity index is 1.70. The molecule has 1 amide bonds. The summed E-state index contributed by atoms with van der Waals surface area (Å²) in [5, 5.41) is 3.97. The van der Waals surface area contributed by atoms with Crippen LogP contribution in [0.15, 0.2) is 88.9 Å². The second kappa shape index (κ2) is 11.5. The molecule has 178 valence electrons. The third kappa shape index (κ3) is 6.92. The van der Waals surface area contributed by atoms with Crippen LogP contribution in [-0.4, -0.2) is 33.7 Å². The normalized spacial score (nSPS) is 11.5. The maximum absolute atomic E-state index is 13.3. The van der Waals surface area contributed by atoms with E-state index in [0.29, 0.717) is 18.2 Å². The first-order valence-electron chi connectivity index (χ1n) is 10.9. The van der Waals surface area contributed by atoms with E-state index in [0.717, 1.165) is 21.2 Å². The van der Waals surface area contributed by atoms with E-state index >= 15 is 0 Å². The van der Waals surface area contributed by atoms with E-state index in [9.17, 15) is 13.2 Å². The number of ether oxygens (including phenoxy) is 1. The van der Waals surface area contributed by atoms with Crippen molar-refractivity contribution in [2.45, 2.75) is 25.7 Å². The van der Waals surface area contributed by atoms with E-state index in [1.807, 2.05) is 31.2 Å². The average molecular weight is 480 g/mol. The molecule has 3 aromatic rings. The number of benzene rings is 3. The Bertz CT molecular complexity index is 1210. The second-order valence-electron chi connectivity index (χ2n) is 8.23. The Kier molecular flexibility index (Phi) is 8.43. The molecule has 0 aliphatic carbocycles. The number of nitrogens with zero attached hydrogens (tertiary/aromatic N) is 2. The van der Waals surface area contributed by atoms with Crippen LogP contribution in [0.3, 0.4) is 0 Å². The minimum Gasteiger partial charge on any atom is -0.493 e. The van der Waals surface area contributed by atoms with E-state index in [1.165, 1.54) is 18.3 Å². The summed E-state index contributed by atoms with van der Waals surface area (Å²) in [6.45, 7) is 6.28. The number of sulfonamides is 1. The largest absolute Gasteiger partial charge is 0.493 e. The number of amides is 1. The molecule has 3 aromatic carbocycles. The molecule has 0 heterocycles. The lowest BCUT2D eigenvalue weighted by atomic mass is 10.2. The Morgan fingerprint density at radius 2 is 1.65 bits per heavy atom. The molecule has 0 atom stereocenters. The quantitative estimate of drug-likeness (QED) is 0.345. The molecule has 1 N–H and O–H groups in total. The van der Waals surface area contributed by atoms with Crippen LogP contribution < -0.4 is 14.5 Å². The van der Waals surface area contributed by atoms with Crippen LogP contribution in [0.1, 0.15) is 25.0 Å². The first-order chi connectivity index (χ1) is 16.3. The summed E-state index contributed by atoms with van der Waals surface area (Å²) in [6, 6.07) is 22.3. The van der Waals surface area contributed by atoms with Gasteiger partial charge in [0.25, 0.3) is 15.9 Å². The number of hydrogen-bond acceptors (Lipinski definition) is 5. The predicted molar refractivity (Wildman–Crippen MR) is 135 cm³/mol. The number of carbonyl (C=O) groups is 1. The van der Waals surface area contributed by atoms with Crippen LogP contribution in [0.4, 0.5) is 5.69 Å². The van der Waals surface area contributed by atoms with Crippen molar-refractivity contribution in [3.63, 3.8) is 0 Å². The van der Waals surface area contributed by atoms with Crippen LogP contribution in [0.5, 0.6) is 5.75 Å². The van der Waals surface area contributed by atoms with Gasteiger partial charge in [0, 0.05) is 0 Å². The van der Waals surface area contributed by atoms with E-state index in [-0.39, 0.29) is 4.90 Å². The Labute approximate surface area is 201 Å². The van der Waals surface area contributed by atoms with Crippen molar-refractivity contribution >= 4 is 27.8 Å². The third-order valence-corrected chi connectivity index (χ3v) is 6.59. The highest BCUT2D eigenvalue weighted by atomic mass is 32.2. The number of carbonyl (C=O) groups excluding carboxylic acids is 1. The highest BCUT2D eigenvalue weighted by Crippen LogP contribution is 2.23. The van der Waals surface area contributed by atoms with E-state index in [4.69, 9.17) is 4.74 Å². The topological polar surface area (TPSA) is 88.1 Å². The Hall–Kier alpha value is -3.65. The second-order valence-corrected chi connectivity index (χ2v) is 10.1. The van der Waals surface area contributed by atoms with Gasteiger partial charge in [0.15, 0.2) is 0 Å². The molecule has 0 fully saturated rings. The smallest absolute Gasteiger partial charge is 0.264 e. The number of hydrazone groups is 1. The van der Waals surface area contributed by atoms with E-state index in [1.54, 1.807) is 42.5 Å². The molecule has 0 spiro atoms. The molecule has 0 radical (unpaired) electrons. The van der Waals surface area contributed by atoms with Gasteiger partial charge in [-0.25, -0.2) is 13.8 Å². The summed E-state index contributed by atoms with van der Waals surface area (Å²) in [7, 11) is -3.95. The standard InChI is InChI=1S/C26H29N3O4S/c1-20(2)19-33-24-15-11-22(12-16-24)17-27-28-26(30)18-29(23-13-9-21(3)10-14-23)34(31,32)25-7-5-4-6-8-25/h4-17,20H,18-19H2,1-3H3,(H,28,30)/b27-17-. The van der Waals surface area contributed by atoms with Gasteiger partial charge in [-0.1, -0.05) is 49.7 Å². The molecule has 34 heavy (non-hydrogen) atoms. The summed E-state index contributed by atoms with van der Waals surface area (Å²) < 4.78 is 33.3. The molecule has 0 saturated heterocycles. The van der Waals surface area contributed by atoms with Crippen LogP contribution in [0, 0.1) is 12.8 Å². The number of anilines is 1. The van der Waals surface area contributed by atoms with Crippen molar-refractivity contribution in [2.75, 3.05) is 17.5 Å². The van der Waals surface area contributed by atoms with Gasteiger partial charge in [0.05, 0.1) is 23.4 Å². The van der Waals surface area contributed by atoms with Gasteiger partial charge in [-0.3, -0.25) is 9.10 Å². The first kappa shape index (κ1) is 25.0. The predicted octanol–water partition coefficient (Wildman–Crippen LogP) is 4.38. The summed E-state index contributed by atoms with van der Waals surface area (Å²) in [4.78, 5) is 12.7. The van der Waals surface area contributed by atoms with Crippen molar-refractivity contribution in [3.8, 4) is 5.75 Å². The molecule has 0 aromatic heterocycles. The molecule has 0 bridgehead atoms. The number of rotatable bonds is 10. The van der Waals surface area contributed by atoms with Gasteiger partial charge in [-0.2, -0.15) is 5.10 Å². The number of nitrogens with one attached hydrogen (secondary N) is 1. The van der Waals surface area contributed by atoms with Gasteiger partial charge in [0.1, 0.15) is 12.3 Å². The zero-order chi connectivity index (χ0) is 24.6. The molecule has 0 unspecified atom stereocenters. The zero-order valence-electron chi connectivity index (χ0n) is 19.5. The first-order valence-corrected chi connectivity index (χ1v) is 12.4. The molecule has 0 aliphatic heterocycles. The average Bonchev–Trinajstić information content (AvgIpc) is 2.83. The summed E-state index contributed by atoms with van der Waals surface area (Å²) >= 11 is 0. The number of hydrogen-bond donors (Lipinski definition) is 1. The minimum absolute atomic E-state index is 0.103. The van der Waals surface area contributed by atoms with Crippen molar-refractivity contribution in [3.05, 3.63) is 90.0 Å². The van der Waals surface area contributed by atoms with Crippen LogP contribution in [-0.2, 0) is 14.8 Å². The van der Waals surface area contributed by atoms with Crippen LogP contribution in [0.2, 0.25) is 0 Å². The van der Waals surface area contributed by atoms with Crippen LogP contribution in [0.25, 0.3) is 0 Å². The van der Waals surface area contributed by atoms with Gasteiger partial charge in [-0.05, 0) is 66.9 Å². The van der Waals surface area contributed by atoms with Gasteiger partial charge >= 0.3 is 0 Å². The fourth-order valence-electron chi connectivity index (χ4n) is 3.00. The molecule has 0 aliphatic rings. The molecule has 3 rings (SSSR count). The van der Waals surface area contributed by atoms with Gasteiger partial charge in [0.2, 0.25) is 0 Å². The molecule has 0 saturated carbocycles. The maximum atomic E-state index is 13.3. The number of aryl methyl sites for hydroxylation is 1. The molecular weight excluding hydrogens is 450 g/mol. The van der Waals surface area contributed by atoms with Crippen molar-refractivity contribution < 1.29 is 17.9 Å². The fourth-order valence-corrected chi connectivity index (χ4v) is 4.45. The monoisotopic (exact) mass is 479 g/mol. The van der Waals surface area contributed by atoms with Crippen LogP contribution >= 0.6 is 0 Å². The zero-order valence-corrected chi connectivity index (χ0v) is 20.3. The third-order valence-electron chi connectivity index (χ3n) is 4.81. The SMILES string of the molecule is Cc1ccc(N(CC(=O)N/N=C\c2ccc(OCC(C)C)cc2)S(=O)(=O)c2ccccc2)cc1. The van der Waals surface area contributed by atoms with Crippen molar-refractivity contribution in [2.24, 2.45) is 11.0 Å². The van der Waals surface area contributed by atoms with E-state index < -0.39 is 22.5 Å².